The van der Waals surface area contributed by atoms with Crippen LogP contribution in [0.1, 0.15) is 34.8 Å². The van der Waals surface area contributed by atoms with Crippen molar-refractivity contribution in [1.82, 2.24) is 19.7 Å². The Bertz CT molecular complexity index is 884. The Hall–Kier alpha value is -2.42. The van der Waals surface area contributed by atoms with Crippen LogP contribution in [-0.4, -0.2) is 48.1 Å². The Labute approximate surface area is 140 Å². The number of amides is 1. The molecule has 9 heteroatoms. The predicted molar refractivity (Wildman–Crippen MR) is 88.2 cm³/mol. The second-order valence-corrected chi connectivity index (χ2v) is 7.61. The number of anilines is 1. The largest absolute Gasteiger partial charge is 0.345 e. The number of carbonyl (C=O) groups is 1. The Balaban J connectivity index is 1.94. The number of hydrogen-bond donors (Lipinski definition) is 1. The summed E-state index contributed by atoms with van der Waals surface area (Å²) >= 11 is 0. The van der Waals surface area contributed by atoms with Crippen LogP contribution in [0.5, 0.6) is 0 Å². The molecular weight excluding hydrogens is 330 g/mol. The molecule has 2 aromatic heterocycles. The third-order valence-electron chi connectivity index (χ3n) is 3.81. The zero-order valence-electron chi connectivity index (χ0n) is 13.7. The summed E-state index contributed by atoms with van der Waals surface area (Å²) in [6, 6.07) is 4.70. The summed E-state index contributed by atoms with van der Waals surface area (Å²) in [5, 5.41) is 3.89. The first-order valence-electron chi connectivity index (χ1n) is 7.53. The van der Waals surface area contributed by atoms with Crippen molar-refractivity contribution < 1.29 is 13.2 Å². The quantitative estimate of drug-likeness (QED) is 0.875. The number of hydrogen-bond acceptors (Lipinski definition) is 5. The van der Waals surface area contributed by atoms with E-state index in [0.29, 0.717) is 5.92 Å². The Kier molecular flexibility index (Phi) is 4.04. The van der Waals surface area contributed by atoms with Crippen LogP contribution in [0.25, 0.3) is 0 Å². The minimum absolute atomic E-state index is 0.0216. The van der Waals surface area contributed by atoms with E-state index in [1.807, 2.05) is 0 Å². The fraction of sp³-hybridized carbons (Fsp3) is 0.400. The molecule has 24 heavy (non-hydrogen) atoms. The van der Waals surface area contributed by atoms with Crippen molar-refractivity contribution in [2.75, 3.05) is 18.8 Å². The van der Waals surface area contributed by atoms with Crippen LogP contribution in [0.3, 0.4) is 0 Å². The van der Waals surface area contributed by atoms with Crippen molar-refractivity contribution in [1.29, 1.82) is 0 Å². The maximum absolute atomic E-state index is 12.7. The summed E-state index contributed by atoms with van der Waals surface area (Å²) in [7, 11) is 0.880. The number of rotatable bonds is 5. The molecule has 8 nitrogen and oxygen atoms in total. The number of nitrogens with one attached hydrogen (secondary N) is 1. The van der Waals surface area contributed by atoms with Crippen molar-refractivity contribution in [3.63, 3.8) is 0 Å². The second-order valence-electron chi connectivity index (χ2n) is 6.01. The highest BCUT2D eigenvalue weighted by molar-refractivity contribution is 7.92. The number of nitrogens with zero attached hydrogens (tertiary/aromatic N) is 4. The summed E-state index contributed by atoms with van der Waals surface area (Å²) in [4.78, 5) is 17.4. The van der Waals surface area contributed by atoms with Gasteiger partial charge in [-0.05, 0) is 25.0 Å². The molecule has 1 aliphatic rings. The molecule has 0 aromatic carbocycles. The molecule has 0 saturated heterocycles. The van der Waals surface area contributed by atoms with Crippen LogP contribution >= 0.6 is 0 Å². The molecule has 1 amide bonds. The van der Waals surface area contributed by atoms with Gasteiger partial charge in [-0.2, -0.15) is 13.5 Å². The minimum atomic E-state index is -4.02. The monoisotopic (exact) mass is 349 g/mol. The number of sulfonamides is 1. The van der Waals surface area contributed by atoms with Crippen LogP contribution in [0.15, 0.2) is 29.4 Å². The lowest BCUT2D eigenvalue weighted by Gasteiger charge is -2.13. The highest BCUT2D eigenvalue weighted by atomic mass is 32.2. The maximum Gasteiger partial charge on any atom is 0.281 e. The molecule has 0 aliphatic heterocycles. The lowest BCUT2D eigenvalue weighted by molar-refractivity contribution is 0.0823. The van der Waals surface area contributed by atoms with Gasteiger partial charge in [0.2, 0.25) is 0 Å². The summed E-state index contributed by atoms with van der Waals surface area (Å²) in [6.45, 7) is 0. The Morgan fingerprint density at radius 3 is 2.71 bits per heavy atom. The fourth-order valence-electron chi connectivity index (χ4n) is 2.49. The SMILES string of the molecule is CN(C)C(=O)c1cccnc1S(=O)(=O)Nc1cc(C2CC2)n(C)n1. The van der Waals surface area contributed by atoms with Crippen LogP contribution < -0.4 is 4.72 Å². The zero-order valence-corrected chi connectivity index (χ0v) is 14.5. The molecule has 0 radical (unpaired) electrons. The molecule has 1 N–H and O–H groups in total. The van der Waals surface area contributed by atoms with Crippen molar-refractivity contribution >= 4 is 21.7 Å². The molecule has 1 saturated carbocycles. The van der Waals surface area contributed by atoms with E-state index >= 15 is 0 Å². The summed E-state index contributed by atoms with van der Waals surface area (Å²) in [5.74, 6) is 0.248. The fourth-order valence-corrected chi connectivity index (χ4v) is 3.60. The molecule has 0 spiro atoms. The molecule has 2 aromatic rings. The molecule has 0 bridgehead atoms. The Morgan fingerprint density at radius 1 is 1.38 bits per heavy atom. The van der Waals surface area contributed by atoms with E-state index in [4.69, 9.17) is 0 Å². The third kappa shape index (κ3) is 3.12. The van der Waals surface area contributed by atoms with E-state index < -0.39 is 15.9 Å². The van der Waals surface area contributed by atoms with Gasteiger partial charge in [0.15, 0.2) is 10.8 Å². The maximum atomic E-state index is 12.7. The number of aromatic nitrogens is 3. The average Bonchev–Trinajstić information content (AvgIpc) is 3.30. The first-order chi connectivity index (χ1) is 11.3. The van der Waals surface area contributed by atoms with Crippen molar-refractivity contribution in [2.24, 2.45) is 7.05 Å². The molecular formula is C15H19N5O3S. The van der Waals surface area contributed by atoms with Crippen molar-refractivity contribution in [3.05, 3.63) is 35.7 Å². The first-order valence-corrected chi connectivity index (χ1v) is 9.01. The van der Waals surface area contributed by atoms with E-state index in [1.54, 1.807) is 31.9 Å². The summed E-state index contributed by atoms with van der Waals surface area (Å²) < 4.78 is 29.4. The van der Waals surface area contributed by atoms with E-state index in [9.17, 15) is 13.2 Å². The van der Waals surface area contributed by atoms with Gasteiger partial charge in [0.1, 0.15) is 0 Å². The molecule has 0 atom stereocenters. The van der Waals surface area contributed by atoms with Gasteiger partial charge in [-0.3, -0.25) is 14.2 Å². The lowest BCUT2D eigenvalue weighted by Crippen LogP contribution is -2.26. The normalized spacial score (nSPS) is 14.5. The molecule has 1 aliphatic carbocycles. The number of pyridine rings is 1. The molecule has 2 heterocycles. The van der Waals surface area contributed by atoms with Gasteiger partial charge in [-0.15, -0.1) is 0 Å². The van der Waals surface area contributed by atoms with Gasteiger partial charge in [0.25, 0.3) is 15.9 Å². The predicted octanol–water partition coefficient (Wildman–Crippen LogP) is 1.20. The van der Waals surface area contributed by atoms with Crippen LogP contribution in [0.2, 0.25) is 0 Å². The van der Waals surface area contributed by atoms with Gasteiger partial charge in [0, 0.05) is 45.0 Å². The van der Waals surface area contributed by atoms with Gasteiger partial charge in [-0.25, -0.2) is 4.98 Å². The Morgan fingerprint density at radius 2 is 2.08 bits per heavy atom. The van der Waals surface area contributed by atoms with Crippen molar-refractivity contribution in [2.45, 2.75) is 23.8 Å². The van der Waals surface area contributed by atoms with E-state index in [-0.39, 0.29) is 16.4 Å². The molecule has 0 unspecified atom stereocenters. The third-order valence-corrected chi connectivity index (χ3v) is 5.13. The molecule has 1 fully saturated rings. The van der Waals surface area contributed by atoms with Crippen LogP contribution in [0.4, 0.5) is 5.82 Å². The highest BCUT2D eigenvalue weighted by Gasteiger charge is 2.29. The highest BCUT2D eigenvalue weighted by Crippen LogP contribution is 2.40. The van der Waals surface area contributed by atoms with Crippen LogP contribution in [0, 0.1) is 0 Å². The molecule has 128 valence electrons. The number of carbonyl (C=O) groups excluding carboxylic acids is 1. The molecule has 3 rings (SSSR count). The summed E-state index contributed by atoms with van der Waals surface area (Å²) in [5.41, 5.74) is 1.02. The van der Waals surface area contributed by atoms with Gasteiger partial charge in [-0.1, -0.05) is 0 Å². The van der Waals surface area contributed by atoms with Gasteiger partial charge < -0.3 is 4.90 Å². The van der Waals surface area contributed by atoms with Crippen molar-refractivity contribution in [3.8, 4) is 0 Å². The smallest absolute Gasteiger partial charge is 0.281 e. The summed E-state index contributed by atoms with van der Waals surface area (Å²) in [6.07, 6.45) is 3.52. The van der Waals surface area contributed by atoms with Gasteiger partial charge >= 0.3 is 0 Å². The topological polar surface area (TPSA) is 97.2 Å². The van der Waals surface area contributed by atoms with Crippen LogP contribution in [-0.2, 0) is 17.1 Å². The lowest BCUT2D eigenvalue weighted by atomic mass is 10.2. The average molecular weight is 349 g/mol. The standard InChI is InChI=1S/C15H19N5O3S/c1-19(2)15(21)11-5-4-8-16-14(11)24(22,23)18-13-9-12(10-6-7-10)20(3)17-13/h4-5,8-10H,6-7H2,1-3H3,(H,17,18). The van der Waals surface area contributed by atoms with E-state index in [0.717, 1.165) is 18.5 Å². The number of aryl methyl sites for hydroxylation is 1. The second kappa shape index (κ2) is 5.90. The zero-order chi connectivity index (χ0) is 17.5. The van der Waals surface area contributed by atoms with Gasteiger partial charge in [0.05, 0.1) is 5.56 Å². The minimum Gasteiger partial charge on any atom is -0.345 e. The van der Waals surface area contributed by atoms with E-state index in [2.05, 4.69) is 14.8 Å². The van der Waals surface area contributed by atoms with E-state index in [1.165, 1.54) is 23.2 Å². The first kappa shape index (κ1) is 16.4.